The van der Waals surface area contributed by atoms with Crippen LogP contribution in [-0.4, -0.2) is 27.9 Å². The van der Waals surface area contributed by atoms with Crippen LogP contribution in [0.25, 0.3) is 11.0 Å². The van der Waals surface area contributed by atoms with E-state index in [0.717, 1.165) is 6.20 Å². The second-order valence-corrected chi connectivity index (χ2v) is 4.57. The highest BCUT2D eigenvalue weighted by atomic mass is 79.9. The molecule has 102 valence electrons. The Hall–Kier alpha value is -1.51. The maximum absolute atomic E-state index is 13.0. The average molecular weight is 343 g/mol. The number of H-pyrrole nitrogens is 1. The Labute approximate surface area is 110 Å². The number of alkyl halides is 5. The quantitative estimate of drug-likeness (QED) is 0.668. The number of pyridine rings is 1. The van der Waals surface area contributed by atoms with Gasteiger partial charge in [-0.2, -0.15) is 22.0 Å². The first kappa shape index (κ1) is 13.9. The highest BCUT2D eigenvalue weighted by Gasteiger charge is 2.63. The smallest absolute Gasteiger partial charge is 0.345 e. The van der Waals surface area contributed by atoms with Gasteiger partial charge in [-0.3, -0.25) is 4.79 Å². The van der Waals surface area contributed by atoms with Crippen molar-refractivity contribution in [2.24, 2.45) is 0 Å². The van der Waals surface area contributed by atoms with Crippen molar-refractivity contribution >= 4 is 32.7 Å². The van der Waals surface area contributed by atoms with Gasteiger partial charge < -0.3 is 4.98 Å². The molecule has 0 aromatic carbocycles. The van der Waals surface area contributed by atoms with E-state index in [1.54, 1.807) is 0 Å². The van der Waals surface area contributed by atoms with Gasteiger partial charge in [0, 0.05) is 22.3 Å². The van der Waals surface area contributed by atoms with Crippen molar-refractivity contribution in [3.05, 3.63) is 28.5 Å². The number of nitrogens with one attached hydrogen (secondary N) is 1. The van der Waals surface area contributed by atoms with Gasteiger partial charge in [-0.25, -0.2) is 4.98 Å². The molecule has 0 amide bonds. The van der Waals surface area contributed by atoms with Gasteiger partial charge in [-0.15, -0.1) is 0 Å². The number of hydrogen-bond donors (Lipinski definition) is 1. The lowest BCUT2D eigenvalue weighted by Gasteiger charge is -2.17. The van der Waals surface area contributed by atoms with Crippen molar-refractivity contribution in [2.45, 2.75) is 12.1 Å². The molecule has 0 spiro atoms. The first-order valence-corrected chi connectivity index (χ1v) is 5.56. The third-order valence-electron chi connectivity index (χ3n) is 2.38. The van der Waals surface area contributed by atoms with E-state index < -0.39 is 23.4 Å². The summed E-state index contributed by atoms with van der Waals surface area (Å²) < 4.78 is 62.8. The number of aromatic nitrogens is 2. The zero-order valence-corrected chi connectivity index (χ0v) is 10.4. The summed E-state index contributed by atoms with van der Waals surface area (Å²) in [6.45, 7) is 0. The number of rotatable bonds is 2. The Balaban J connectivity index is 2.57. The number of nitrogens with zero attached hydrogens (tertiary/aromatic N) is 1. The summed E-state index contributed by atoms with van der Waals surface area (Å²) in [5.74, 6) is -7.75. The minimum absolute atomic E-state index is 0.0459. The lowest BCUT2D eigenvalue weighted by atomic mass is 10.1. The van der Waals surface area contributed by atoms with Gasteiger partial charge in [0.2, 0.25) is 5.78 Å². The van der Waals surface area contributed by atoms with E-state index in [0.29, 0.717) is 4.47 Å². The summed E-state index contributed by atoms with van der Waals surface area (Å²) in [5, 5.41) is -0.108. The Kier molecular flexibility index (Phi) is 3.12. The molecule has 0 aliphatic heterocycles. The van der Waals surface area contributed by atoms with Gasteiger partial charge in [-0.1, -0.05) is 0 Å². The highest BCUT2D eigenvalue weighted by molar-refractivity contribution is 9.10. The monoisotopic (exact) mass is 342 g/mol. The number of halogens is 6. The molecule has 0 saturated carbocycles. The van der Waals surface area contributed by atoms with Crippen LogP contribution in [-0.2, 0) is 0 Å². The maximum atomic E-state index is 13.0. The lowest BCUT2D eigenvalue weighted by molar-refractivity contribution is -0.255. The average Bonchev–Trinajstić information content (AvgIpc) is 2.69. The summed E-state index contributed by atoms with van der Waals surface area (Å²) >= 11 is 2.99. The number of aromatic amines is 1. The molecule has 9 heteroatoms. The van der Waals surface area contributed by atoms with Crippen LogP contribution in [0.4, 0.5) is 22.0 Å². The molecule has 3 nitrogen and oxygen atoms in total. The molecule has 19 heavy (non-hydrogen) atoms. The molecule has 2 aromatic rings. The number of carbonyl (C=O) groups is 1. The molecular weight excluding hydrogens is 339 g/mol. The molecule has 2 rings (SSSR count). The fourth-order valence-corrected chi connectivity index (χ4v) is 1.79. The van der Waals surface area contributed by atoms with E-state index in [9.17, 15) is 26.7 Å². The van der Waals surface area contributed by atoms with Crippen LogP contribution in [0.15, 0.2) is 22.9 Å². The normalized spacial score (nSPS) is 12.9. The third kappa shape index (κ3) is 2.22. The minimum atomic E-state index is -5.94. The van der Waals surface area contributed by atoms with Crippen molar-refractivity contribution < 1.29 is 26.7 Å². The topological polar surface area (TPSA) is 45.8 Å². The molecule has 0 unspecified atom stereocenters. The van der Waals surface area contributed by atoms with Gasteiger partial charge in [0.05, 0.1) is 5.56 Å². The van der Waals surface area contributed by atoms with E-state index in [4.69, 9.17) is 0 Å². The number of hydrogen-bond acceptors (Lipinski definition) is 2. The summed E-state index contributed by atoms with van der Waals surface area (Å²) in [6, 6.07) is 1.23. The van der Waals surface area contributed by atoms with Crippen molar-refractivity contribution in [3.63, 3.8) is 0 Å². The molecule has 0 fully saturated rings. The Morgan fingerprint density at radius 3 is 2.47 bits per heavy atom. The van der Waals surface area contributed by atoms with Crippen molar-refractivity contribution in [3.8, 4) is 0 Å². The fraction of sp³-hybridized carbons (Fsp3) is 0.200. The number of Topliss-reactive ketones (excluding diaryl/α,β-unsaturated/α-hetero) is 1. The predicted molar refractivity (Wildman–Crippen MR) is 59.1 cm³/mol. The molecule has 2 heterocycles. The summed E-state index contributed by atoms with van der Waals surface area (Å²) in [7, 11) is 0. The molecule has 0 radical (unpaired) electrons. The standard InChI is InChI=1S/C10H4BrF5N2O/c11-4-1-5-6(3-18-8(5)17-2-4)7(19)9(12,13)10(14,15)16/h1-3H,(H,17,18). The maximum Gasteiger partial charge on any atom is 0.461 e. The Morgan fingerprint density at radius 1 is 1.26 bits per heavy atom. The van der Waals surface area contributed by atoms with Gasteiger partial charge in [0.25, 0.3) is 0 Å². The van der Waals surface area contributed by atoms with E-state index in [2.05, 4.69) is 25.9 Å². The Morgan fingerprint density at radius 2 is 1.89 bits per heavy atom. The van der Waals surface area contributed by atoms with Crippen LogP contribution in [0.1, 0.15) is 10.4 Å². The van der Waals surface area contributed by atoms with E-state index in [1.165, 1.54) is 12.3 Å². The first-order chi connectivity index (χ1) is 8.64. The van der Waals surface area contributed by atoms with Gasteiger partial charge in [0.15, 0.2) is 0 Å². The van der Waals surface area contributed by atoms with E-state index >= 15 is 0 Å². The minimum Gasteiger partial charge on any atom is -0.345 e. The van der Waals surface area contributed by atoms with E-state index in [-0.39, 0.29) is 11.0 Å². The second kappa shape index (κ2) is 4.26. The van der Waals surface area contributed by atoms with Crippen LogP contribution in [0, 0.1) is 0 Å². The zero-order valence-electron chi connectivity index (χ0n) is 8.86. The molecule has 2 aromatic heterocycles. The molecule has 1 N–H and O–H groups in total. The summed E-state index contributed by atoms with van der Waals surface area (Å²) in [6.07, 6.45) is -3.84. The van der Waals surface area contributed by atoms with Crippen molar-refractivity contribution in [1.82, 2.24) is 9.97 Å². The first-order valence-electron chi connectivity index (χ1n) is 4.76. The van der Waals surface area contributed by atoms with Gasteiger partial charge in [-0.05, 0) is 22.0 Å². The largest absolute Gasteiger partial charge is 0.461 e. The SMILES string of the molecule is O=C(c1c[nH]c2ncc(Br)cc12)C(F)(F)C(F)(F)F. The number of fused-ring (bicyclic) bond motifs is 1. The van der Waals surface area contributed by atoms with Crippen LogP contribution in [0.5, 0.6) is 0 Å². The molecular formula is C10H4BrF5N2O. The molecule has 0 aliphatic carbocycles. The zero-order chi connectivity index (χ0) is 14.4. The number of carbonyl (C=O) groups excluding carboxylic acids is 1. The third-order valence-corrected chi connectivity index (χ3v) is 2.82. The highest BCUT2D eigenvalue weighted by Crippen LogP contribution is 2.39. The Bertz CT molecular complexity index is 649. The summed E-state index contributed by atoms with van der Waals surface area (Å²) in [5.41, 5.74) is -0.712. The number of ketones is 1. The van der Waals surface area contributed by atoms with Crippen LogP contribution < -0.4 is 0 Å². The van der Waals surface area contributed by atoms with Crippen LogP contribution in [0.3, 0.4) is 0 Å². The van der Waals surface area contributed by atoms with Crippen molar-refractivity contribution in [1.29, 1.82) is 0 Å². The molecule has 0 aliphatic rings. The van der Waals surface area contributed by atoms with E-state index in [1.807, 2.05) is 0 Å². The second-order valence-electron chi connectivity index (χ2n) is 3.65. The summed E-state index contributed by atoms with van der Waals surface area (Å²) in [4.78, 5) is 17.5. The molecule has 0 bridgehead atoms. The predicted octanol–water partition coefficient (Wildman–Crippen LogP) is 3.71. The van der Waals surface area contributed by atoms with Gasteiger partial charge in [0.1, 0.15) is 5.65 Å². The fourth-order valence-electron chi connectivity index (χ4n) is 1.46. The van der Waals surface area contributed by atoms with Crippen molar-refractivity contribution in [2.75, 3.05) is 0 Å². The molecule has 0 saturated heterocycles. The van der Waals surface area contributed by atoms with Crippen LogP contribution >= 0.6 is 15.9 Å². The van der Waals surface area contributed by atoms with Gasteiger partial charge >= 0.3 is 12.1 Å². The van der Waals surface area contributed by atoms with Crippen LogP contribution in [0.2, 0.25) is 0 Å². The lowest BCUT2D eigenvalue weighted by Crippen LogP contribution is -2.44. The molecule has 0 atom stereocenters.